The Morgan fingerprint density at radius 2 is 0.537 bits per heavy atom. The number of unbranched alkanes of at least 4 members (excludes halogenated alkanes) is 24. The fourth-order valence-corrected chi connectivity index (χ4v) is 7.06. The number of carbonyl (C=O) groups is 3. The molecule has 0 aromatic rings. The van der Waals surface area contributed by atoms with E-state index in [1.54, 1.807) is 0 Å². The summed E-state index contributed by atoms with van der Waals surface area (Å²) in [5.41, 5.74) is 0. The summed E-state index contributed by atoms with van der Waals surface area (Å²) in [7, 11) is 0. The van der Waals surface area contributed by atoms with Gasteiger partial charge in [0, 0.05) is 19.3 Å². The lowest BCUT2D eigenvalue weighted by molar-refractivity contribution is -0.167. The molecule has 0 aliphatic rings. The van der Waals surface area contributed by atoms with Crippen molar-refractivity contribution in [1.82, 2.24) is 0 Å². The van der Waals surface area contributed by atoms with Crippen molar-refractivity contribution in [2.45, 2.75) is 260 Å². The van der Waals surface area contributed by atoms with Gasteiger partial charge >= 0.3 is 17.9 Å². The summed E-state index contributed by atoms with van der Waals surface area (Å²) in [6, 6.07) is 0. The zero-order valence-electron chi connectivity index (χ0n) is 37.0. The Hall–Kier alpha value is -1.59. The van der Waals surface area contributed by atoms with Gasteiger partial charge in [0.1, 0.15) is 13.2 Å². The highest BCUT2D eigenvalue weighted by Crippen LogP contribution is 2.17. The molecule has 0 rings (SSSR count). The average Bonchev–Trinajstić information content (AvgIpc) is 3.12. The second-order valence-corrected chi connectivity index (χ2v) is 17.8. The normalized spacial score (nSPS) is 12.2. The van der Waals surface area contributed by atoms with Crippen LogP contribution in [0.1, 0.15) is 253 Å². The molecule has 0 N–H and O–H groups in total. The fraction of sp³-hybridized carbons (Fsp3) is 0.938. The van der Waals surface area contributed by atoms with Gasteiger partial charge in [0.25, 0.3) is 0 Å². The Morgan fingerprint density at radius 3 is 0.796 bits per heavy atom. The molecule has 0 amide bonds. The van der Waals surface area contributed by atoms with Crippen molar-refractivity contribution in [2.75, 3.05) is 13.2 Å². The average molecular weight is 765 g/mol. The van der Waals surface area contributed by atoms with Crippen LogP contribution in [0.4, 0.5) is 0 Å². The second kappa shape index (κ2) is 39.6. The van der Waals surface area contributed by atoms with Crippen LogP contribution in [-0.4, -0.2) is 37.2 Å². The second-order valence-electron chi connectivity index (χ2n) is 17.8. The molecule has 0 fully saturated rings. The Balaban J connectivity index is 4.27. The molecule has 0 heterocycles. The first kappa shape index (κ1) is 52.4. The van der Waals surface area contributed by atoms with Gasteiger partial charge in [-0.3, -0.25) is 14.4 Å². The topological polar surface area (TPSA) is 78.9 Å². The molecule has 0 aromatic heterocycles. The molecule has 0 spiro atoms. The van der Waals surface area contributed by atoms with Crippen LogP contribution < -0.4 is 0 Å². The van der Waals surface area contributed by atoms with E-state index in [4.69, 9.17) is 14.2 Å². The van der Waals surface area contributed by atoms with Crippen molar-refractivity contribution < 1.29 is 28.6 Å². The van der Waals surface area contributed by atoms with Gasteiger partial charge in [-0.1, -0.05) is 215 Å². The van der Waals surface area contributed by atoms with Crippen molar-refractivity contribution in [1.29, 1.82) is 0 Å². The predicted octanol–water partition coefficient (Wildman–Crippen LogP) is 14.8. The minimum absolute atomic E-state index is 0.0666. The van der Waals surface area contributed by atoms with Gasteiger partial charge in [-0.15, -0.1) is 0 Å². The standard InChI is InChI=1S/C48H92O6/c1-42(2)34-28-22-16-12-10-8-7-9-11-13-18-25-31-37-46(49)52-40-45(54-48(51)39-33-27-21-20-24-30-36-44(5)6)41-53-47(50)38-32-26-19-15-14-17-23-29-35-43(3)4/h42-45H,7-41H2,1-6H3/t45-/m0/s1. The van der Waals surface area contributed by atoms with Crippen LogP contribution in [-0.2, 0) is 28.6 Å². The van der Waals surface area contributed by atoms with Crippen LogP contribution >= 0.6 is 0 Å². The van der Waals surface area contributed by atoms with E-state index in [1.165, 1.54) is 135 Å². The molecule has 0 radical (unpaired) electrons. The summed E-state index contributed by atoms with van der Waals surface area (Å²) in [4.78, 5) is 37.7. The van der Waals surface area contributed by atoms with E-state index < -0.39 is 6.10 Å². The lowest BCUT2D eigenvalue weighted by atomic mass is 10.0. The molecular weight excluding hydrogens is 673 g/mol. The van der Waals surface area contributed by atoms with Crippen LogP contribution in [0, 0.1) is 17.8 Å². The summed E-state index contributed by atoms with van der Waals surface area (Å²) < 4.78 is 16.7. The van der Waals surface area contributed by atoms with Crippen molar-refractivity contribution in [3.05, 3.63) is 0 Å². The molecule has 0 saturated heterocycles. The van der Waals surface area contributed by atoms with Gasteiger partial charge in [-0.05, 0) is 37.0 Å². The van der Waals surface area contributed by atoms with Gasteiger partial charge in [-0.25, -0.2) is 0 Å². The summed E-state index contributed by atoms with van der Waals surface area (Å²) in [5.74, 6) is 1.53. The molecule has 320 valence electrons. The molecule has 1 atom stereocenters. The van der Waals surface area contributed by atoms with E-state index in [2.05, 4.69) is 41.5 Å². The van der Waals surface area contributed by atoms with Crippen LogP contribution in [0.15, 0.2) is 0 Å². The van der Waals surface area contributed by atoms with Crippen molar-refractivity contribution in [2.24, 2.45) is 17.8 Å². The van der Waals surface area contributed by atoms with Crippen LogP contribution in [0.5, 0.6) is 0 Å². The summed E-state index contributed by atoms with van der Waals surface area (Å²) >= 11 is 0. The predicted molar refractivity (Wildman–Crippen MR) is 229 cm³/mol. The summed E-state index contributed by atoms with van der Waals surface area (Å²) in [6.45, 7) is 13.6. The van der Waals surface area contributed by atoms with E-state index in [1.807, 2.05) is 0 Å². The molecule has 6 nitrogen and oxygen atoms in total. The van der Waals surface area contributed by atoms with Crippen molar-refractivity contribution in [3.8, 4) is 0 Å². The zero-order valence-corrected chi connectivity index (χ0v) is 37.0. The number of rotatable bonds is 41. The monoisotopic (exact) mass is 765 g/mol. The maximum atomic E-state index is 12.7. The van der Waals surface area contributed by atoms with Crippen molar-refractivity contribution >= 4 is 17.9 Å². The van der Waals surface area contributed by atoms with Crippen molar-refractivity contribution in [3.63, 3.8) is 0 Å². The van der Waals surface area contributed by atoms with Crippen LogP contribution in [0.3, 0.4) is 0 Å². The molecule has 0 aliphatic heterocycles. The third-order valence-corrected chi connectivity index (χ3v) is 10.6. The summed E-state index contributed by atoms with van der Waals surface area (Å²) in [5, 5.41) is 0. The third-order valence-electron chi connectivity index (χ3n) is 10.6. The summed E-state index contributed by atoms with van der Waals surface area (Å²) in [6.07, 6.45) is 36.8. The van der Waals surface area contributed by atoms with Gasteiger partial charge < -0.3 is 14.2 Å². The first-order valence-electron chi connectivity index (χ1n) is 23.6. The highest BCUT2D eigenvalue weighted by Gasteiger charge is 2.19. The number of ether oxygens (including phenoxy) is 3. The van der Waals surface area contributed by atoms with Crippen LogP contribution in [0.2, 0.25) is 0 Å². The number of carbonyl (C=O) groups excluding carboxylic acids is 3. The third kappa shape index (κ3) is 41.6. The highest BCUT2D eigenvalue weighted by atomic mass is 16.6. The molecule has 0 aliphatic carbocycles. The van der Waals surface area contributed by atoms with Crippen LogP contribution in [0.25, 0.3) is 0 Å². The number of hydrogen-bond acceptors (Lipinski definition) is 6. The molecule has 6 heteroatoms. The minimum Gasteiger partial charge on any atom is -0.462 e. The fourth-order valence-electron chi connectivity index (χ4n) is 7.06. The van der Waals surface area contributed by atoms with Gasteiger partial charge in [-0.2, -0.15) is 0 Å². The lowest BCUT2D eigenvalue weighted by Crippen LogP contribution is -2.30. The minimum atomic E-state index is -0.762. The Morgan fingerprint density at radius 1 is 0.315 bits per heavy atom. The number of esters is 3. The highest BCUT2D eigenvalue weighted by molar-refractivity contribution is 5.71. The first-order valence-corrected chi connectivity index (χ1v) is 23.6. The van der Waals surface area contributed by atoms with E-state index in [-0.39, 0.29) is 31.1 Å². The van der Waals surface area contributed by atoms with E-state index >= 15 is 0 Å². The van der Waals surface area contributed by atoms with E-state index in [0.717, 1.165) is 75.5 Å². The zero-order chi connectivity index (χ0) is 39.9. The largest absolute Gasteiger partial charge is 0.462 e. The molecule has 0 unspecified atom stereocenters. The Kier molecular flexibility index (Phi) is 38.5. The van der Waals surface area contributed by atoms with E-state index in [0.29, 0.717) is 19.3 Å². The molecule has 0 saturated carbocycles. The Labute approximate surface area is 336 Å². The van der Waals surface area contributed by atoms with Gasteiger partial charge in [0.05, 0.1) is 0 Å². The maximum Gasteiger partial charge on any atom is 0.306 e. The smallest absolute Gasteiger partial charge is 0.306 e. The maximum absolute atomic E-state index is 12.7. The van der Waals surface area contributed by atoms with Gasteiger partial charge in [0.2, 0.25) is 0 Å². The SMILES string of the molecule is CC(C)CCCCCCCCCCCCCCCC(=O)OC[C@@H](COC(=O)CCCCCCCCCCC(C)C)OC(=O)CCCCCCCCC(C)C. The Bertz CT molecular complexity index is 837. The molecule has 0 aromatic carbocycles. The lowest BCUT2D eigenvalue weighted by Gasteiger charge is -2.18. The quantitative estimate of drug-likeness (QED) is 0.0350. The van der Waals surface area contributed by atoms with E-state index in [9.17, 15) is 14.4 Å². The molecule has 0 bridgehead atoms. The van der Waals surface area contributed by atoms with Gasteiger partial charge in [0.15, 0.2) is 6.10 Å². The molecular formula is C48H92O6. The molecule has 54 heavy (non-hydrogen) atoms. The first-order chi connectivity index (χ1) is 26.1. The number of hydrogen-bond donors (Lipinski definition) is 0.